The van der Waals surface area contributed by atoms with Crippen LogP contribution >= 0.6 is 0 Å². The van der Waals surface area contributed by atoms with Gasteiger partial charge in [-0.25, -0.2) is 4.39 Å². The summed E-state index contributed by atoms with van der Waals surface area (Å²) in [6, 6.07) is 24.2. The smallest absolute Gasteiger partial charge is 0.254 e. The average Bonchev–Trinajstić information content (AvgIpc) is 2.81. The van der Waals surface area contributed by atoms with Gasteiger partial charge in [-0.2, -0.15) is 0 Å². The van der Waals surface area contributed by atoms with Gasteiger partial charge in [0.25, 0.3) is 5.91 Å². The minimum Gasteiger partial charge on any atom is -0.485 e. The third-order valence-corrected chi connectivity index (χ3v) is 5.74. The predicted octanol–water partition coefficient (Wildman–Crippen LogP) is 5.95. The Labute approximate surface area is 177 Å². The highest BCUT2D eigenvalue weighted by atomic mass is 19.1. The van der Waals surface area contributed by atoms with E-state index in [-0.39, 0.29) is 29.6 Å². The van der Waals surface area contributed by atoms with Gasteiger partial charge >= 0.3 is 0 Å². The molecule has 1 amide bonds. The number of rotatable bonds is 5. The molecule has 1 aliphatic rings. The number of hydrogen-bond acceptors (Lipinski definition) is 2. The van der Waals surface area contributed by atoms with Gasteiger partial charge in [0.2, 0.25) is 0 Å². The van der Waals surface area contributed by atoms with Crippen molar-refractivity contribution in [3.05, 3.63) is 90.2 Å². The van der Waals surface area contributed by atoms with Crippen LogP contribution in [0.15, 0.2) is 78.9 Å². The Hall–Kier alpha value is -3.14. The number of amides is 1. The lowest BCUT2D eigenvalue weighted by Gasteiger charge is -2.39. The third kappa shape index (κ3) is 4.38. The standard InChI is InChI=1S/C26H26FNO2/c1-19(30-25-13-6-5-11-23(25)27)24-12-7-8-18-28(24)26(29)22-16-14-21(15-17-22)20-9-3-2-4-10-20/h2-6,9-11,13-17,19,24H,7-8,12,18H2,1H3. The molecular formula is C26H26FNO2. The zero-order valence-electron chi connectivity index (χ0n) is 17.1. The van der Waals surface area contributed by atoms with Gasteiger partial charge in [-0.15, -0.1) is 0 Å². The number of nitrogens with zero attached hydrogens (tertiary/aromatic N) is 1. The van der Waals surface area contributed by atoms with Crippen molar-refractivity contribution in [2.24, 2.45) is 0 Å². The lowest BCUT2D eigenvalue weighted by molar-refractivity contribution is 0.0345. The Morgan fingerprint density at radius 3 is 2.33 bits per heavy atom. The Kier molecular flexibility index (Phi) is 6.12. The topological polar surface area (TPSA) is 29.5 Å². The first-order valence-corrected chi connectivity index (χ1v) is 10.5. The van der Waals surface area contributed by atoms with Gasteiger partial charge in [0, 0.05) is 12.1 Å². The van der Waals surface area contributed by atoms with E-state index in [9.17, 15) is 9.18 Å². The number of carbonyl (C=O) groups is 1. The maximum absolute atomic E-state index is 14.0. The molecule has 2 atom stereocenters. The molecule has 1 fully saturated rings. The first kappa shape index (κ1) is 20.1. The molecule has 0 saturated carbocycles. The molecule has 1 saturated heterocycles. The maximum Gasteiger partial charge on any atom is 0.254 e. The van der Waals surface area contributed by atoms with E-state index in [1.165, 1.54) is 6.07 Å². The van der Waals surface area contributed by atoms with Crippen LogP contribution in [0.2, 0.25) is 0 Å². The highest BCUT2D eigenvalue weighted by Crippen LogP contribution is 2.27. The first-order chi connectivity index (χ1) is 14.6. The Morgan fingerprint density at radius 2 is 1.60 bits per heavy atom. The molecule has 0 aliphatic carbocycles. The van der Waals surface area contributed by atoms with Crippen LogP contribution in [-0.4, -0.2) is 29.5 Å². The van der Waals surface area contributed by atoms with Crippen molar-refractivity contribution in [1.82, 2.24) is 4.90 Å². The van der Waals surface area contributed by atoms with Crippen LogP contribution in [0, 0.1) is 5.82 Å². The second-order valence-corrected chi connectivity index (χ2v) is 7.76. The normalized spacial score (nSPS) is 17.4. The quantitative estimate of drug-likeness (QED) is 0.526. The van der Waals surface area contributed by atoms with Crippen LogP contribution < -0.4 is 4.74 Å². The summed E-state index contributed by atoms with van der Waals surface area (Å²) in [5, 5.41) is 0. The van der Waals surface area contributed by atoms with Crippen molar-refractivity contribution >= 4 is 5.91 Å². The largest absolute Gasteiger partial charge is 0.485 e. The van der Waals surface area contributed by atoms with Crippen LogP contribution in [0.3, 0.4) is 0 Å². The van der Waals surface area contributed by atoms with Crippen LogP contribution in [0.25, 0.3) is 11.1 Å². The van der Waals surface area contributed by atoms with Crippen molar-refractivity contribution < 1.29 is 13.9 Å². The summed E-state index contributed by atoms with van der Waals surface area (Å²) in [7, 11) is 0. The van der Waals surface area contributed by atoms with Gasteiger partial charge < -0.3 is 9.64 Å². The Morgan fingerprint density at radius 1 is 0.933 bits per heavy atom. The monoisotopic (exact) mass is 403 g/mol. The van der Waals surface area contributed by atoms with Gasteiger partial charge in [0.1, 0.15) is 6.10 Å². The van der Waals surface area contributed by atoms with Crippen molar-refractivity contribution in [2.75, 3.05) is 6.54 Å². The van der Waals surface area contributed by atoms with Gasteiger partial charge in [-0.1, -0.05) is 54.6 Å². The minimum atomic E-state index is -0.380. The molecule has 4 rings (SSSR count). The van der Waals surface area contributed by atoms with Crippen LogP contribution in [0.4, 0.5) is 4.39 Å². The fourth-order valence-corrected chi connectivity index (χ4v) is 4.12. The van der Waals surface area contributed by atoms with E-state index in [0.717, 1.165) is 30.4 Å². The Balaban J connectivity index is 1.50. The molecule has 0 spiro atoms. The van der Waals surface area contributed by atoms with Crippen molar-refractivity contribution in [3.8, 4) is 16.9 Å². The molecule has 1 aliphatic heterocycles. The molecule has 1 heterocycles. The Bertz CT molecular complexity index is 987. The molecular weight excluding hydrogens is 377 g/mol. The van der Waals surface area contributed by atoms with Crippen LogP contribution in [0.1, 0.15) is 36.5 Å². The lowest BCUT2D eigenvalue weighted by Crippen LogP contribution is -2.50. The lowest BCUT2D eigenvalue weighted by atomic mass is 9.96. The molecule has 3 aromatic carbocycles. The van der Waals surface area contributed by atoms with E-state index >= 15 is 0 Å². The zero-order chi connectivity index (χ0) is 20.9. The molecule has 3 aromatic rings. The second kappa shape index (κ2) is 9.12. The van der Waals surface area contributed by atoms with Gasteiger partial charge in [0.05, 0.1) is 6.04 Å². The van der Waals surface area contributed by atoms with Crippen molar-refractivity contribution in [1.29, 1.82) is 0 Å². The summed E-state index contributed by atoms with van der Waals surface area (Å²) in [5.74, 6) is -0.145. The SMILES string of the molecule is CC(Oc1ccccc1F)C1CCCCN1C(=O)c1ccc(-c2ccccc2)cc1. The third-order valence-electron chi connectivity index (χ3n) is 5.74. The molecule has 0 radical (unpaired) electrons. The van der Waals surface area contributed by atoms with Crippen molar-refractivity contribution in [2.45, 2.75) is 38.3 Å². The average molecular weight is 403 g/mol. The summed E-state index contributed by atoms with van der Waals surface area (Å²) in [6.45, 7) is 2.61. The molecule has 154 valence electrons. The van der Waals surface area contributed by atoms with E-state index in [1.807, 2.05) is 54.3 Å². The molecule has 0 aromatic heterocycles. The highest BCUT2D eigenvalue weighted by Gasteiger charge is 2.32. The molecule has 0 N–H and O–H groups in total. The van der Waals surface area contributed by atoms with Gasteiger partial charge in [0.15, 0.2) is 11.6 Å². The number of carbonyl (C=O) groups excluding carboxylic acids is 1. The molecule has 30 heavy (non-hydrogen) atoms. The van der Waals surface area contributed by atoms with Crippen LogP contribution in [-0.2, 0) is 0 Å². The number of piperidine rings is 1. The number of hydrogen-bond donors (Lipinski definition) is 0. The maximum atomic E-state index is 14.0. The predicted molar refractivity (Wildman–Crippen MR) is 117 cm³/mol. The molecule has 0 bridgehead atoms. The highest BCUT2D eigenvalue weighted by molar-refractivity contribution is 5.95. The van der Waals surface area contributed by atoms with E-state index in [1.54, 1.807) is 18.2 Å². The number of ether oxygens (including phenoxy) is 1. The summed E-state index contributed by atoms with van der Waals surface area (Å²) in [5.41, 5.74) is 2.87. The summed E-state index contributed by atoms with van der Waals surface area (Å²) in [6.07, 6.45) is 2.56. The van der Waals surface area contributed by atoms with Gasteiger partial charge in [-0.05, 0) is 61.6 Å². The first-order valence-electron chi connectivity index (χ1n) is 10.5. The fourth-order valence-electron chi connectivity index (χ4n) is 4.12. The molecule has 3 nitrogen and oxygen atoms in total. The molecule has 2 unspecified atom stereocenters. The van der Waals surface area contributed by atoms with E-state index in [0.29, 0.717) is 12.1 Å². The number of benzene rings is 3. The minimum absolute atomic E-state index is 0.00305. The van der Waals surface area contributed by atoms with Crippen LogP contribution in [0.5, 0.6) is 5.75 Å². The van der Waals surface area contributed by atoms with E-state index < -0.39 is 0 Å². The molecule has 4 heteroatoms. The van der Waals surface area contributed by atoms with Crippen molar-refractivity contribution in [3.63, 3.8) is 0 Å². The van der Waals surface area contributed by atoms with Gasteiger partial charge in [-0.3, -0.25) is 4.79 Å². The summed E-state index contributed by atoms with van der Waals surface area (Å²) >= 11 is 0. The summed E-state index contributed by atoms with van der Waals surface area (Å²) < 4.78 is 19.9. The fraction of sp³-hybridized carbons (Fsp3) is 0.269. The van der Waals surface area contributed by atoms with E-state index in [4.69, 9.17) is 4.74 Å². The number of para-hydroxylation sites is 1. The second-order valence-electron chi connectivity index (χ2n) is 7.76. The number of halogens is 1. The summed E-state index contributed by atoms with van der Waals surface area (Å²) in [4.78, 5) is 15.2. The zero-order valence-corrected chi connectivity index (χ0v) is 17.1. The number of likely N-dealkylation sites (tertiary alicyclic amines) is 1. The van der Waals surface area contributed by atoms with E-state index in [2.05, 4.69) is 12.1 Å².